The average molecular weight is 407 g/mol. The van der Waals surface area contributed by atoms with Gasteiger partial charge in [-0.05, 0) is 41.1 Å². The van der Waals surface area contributed by atoms with E-state index < -0.39 is 0 Å². The molecule has 4 aromatic heterocycles. The van der Waals surface area contributed by atoms with Crippen LogP contribution in [-0.4, -0.2) is 29.8 Å². The molecular weight excluding hydrogens is 396 g/mol. The van der Waals surface area contributed by atoms with Gasteiger partial charge < -0.3 is 4.42 Å². The van der Waals surface area contributed by atoms with Gasteiger partial charge in [0.2, 0.25) is 0 Å². The zero-order valence-corrected chi connectivity index (χ0v) is 15.2. The Hall–Kier alpha value is -3.13. The third kappa shape index (κ3) is 2.55. The van der Waals surface area contributed by atoms with E-state index in [-0.39, 0.29) is 0 Å². The summed E-state index contributed by atoms with van der Waals surface area (Å²) in [5, 5.41) is 13.7. The second kappa shape index (κ2) is 5.70. The van der Waals surface area contributed by atoms with Crippen molar-refractivity contribution in [3.05, 3.63) is 58.8 Å². The third-order valence-corrected chi connectivity index (χ3v) is 4.40. The van der Waals surface area contributed by atoms with E-state index in [0.29, 0.717) is 28.8 Å². The molecule has 0 unspecified atom stereocenters. The summed E-state index contributed by atoms with van der Waals surface area (Å²) < 4.78 is 8.28. The van der Waals surface area contributed by atoms with Crippen molar-refractivity contribution in [1.29, 1.82) is 0 Å². The molecule has 126 valence electrons. The molecule has 1 aromatic carbocycles. The summed E-state index contributed by atoms with van der Waals surface area (Å²) in [6.45, 7) is 2.06. The molecule has 5 aromatic rings. The highest BCUT2D eigenvalue weighted by Crippen LogP contribution is 2.25. The van der Waals surface area contributed by atoms with Crippen LogP contribution in [0.15, 0.2) is 57.7 Å². The highest BCUT2D eigenvalue weighted by atomic mass is 79.9. The number of hydrogen-bond acceptors (Lipinski definition) is 6. The Kier molecular flexibility index (Phi) is 3.32. The molecule has 7 nitrogen and oxygen atoms in total. The molecule has 0 N–H and O–H groups in total. The lowest BCUT2D eigenvalue weighted by Crippen LogP contribution is -1.88. The average Bonchev–Trinajstić information content (AvgIpc) is 3.27. The predicted molar refractivity (Wildman–Crippen MR) is 99.5 cm³/mol. The van der Waals surface area contributed by atoms with E-state index in [1.165, 1.54) is 5.56 Å². The van der Waals surface area contributed by atoms with Crippen LogP contribution in [0.4, 0.5) is 0 Å². The second-order valence-corrected chi connectivity index (χ2v) is 6.83. The fourth-order valence-corrected chi connectivity index (χ4v) is 3.05. The highest BCUT2D eigenvalue weighted by Gasteiger charge is 2.15. The normalized spacial score (nSPS) is 11.5. The predicted octanol–water partition coefficient (Wildman–Crippen LogP) is 4.07. The molecule has 0 aliphatic carbocycles. The van der Waals surface area contributed by atoms with E-state index in [4.69, 9.17) is 4.42 Å². The van der Waals surface area contributed by atoms with Crippen LogP contribution in [0, 0.1) is 6.92 Å². The summed E-state index contributed by atoms with van der Waals surface area (Å²) in [5.74, 6) is 0.682. The van der Waals surface area contributed by atoms with Crippen LogP contribution in [0.1, 0.15) is 5.56 Å². The molecule has 0 saturated heterocycles. The fraction of sp³-hybridized carbons (Fsp3) is 0.0556. The third-order valence-electron chi connectivity index (χ3n) is 3.99. The minimum absolute atomic E-state index is 0.326. The van der Waals surface area contributed by atoms with Crippen molar-refractivity contribution in [2.75, 3.05) is 0 Å². The standard InChI is InChI=1S/C18H11BrN6O/c1-10-2-4-13-11(6-10)3-5-14(21-13)17-22-23-18(26-17)15-7-16-20-8-12(19)9-25(16)24-15/h2-9H,1H3. The molecule has 0 aliphatic rings. The minimum atomic E-state index is 0.326. The van der Waals surface area contributed by atoms with Gasteiger partial charge in [-0.2, -0.15) is 5.10 Å². The van der Waals surface area contributed by atoms with Gasteiger partial charge in [0.1, 0.15) is 5.69 Å². The molecule has 0 radical (unpaired) electrons. The number of pyridine rings is 1. The Morgan fingerprint density at radius 1 is 1.00 bits per heavy atom. The Bertz CT molecular complexity index is 1280. The Labute approximate surface area is 155 Å². The van der Waals surface area contributed by atoms with E-state index >= 15 is 0 Å². The van der Waals surface area contributed by atoms with Crippen LogP contribution >= 0.6 is 15.9 Å². The van der Waals surface area contributed by atoms with Gasteiger partial charge in [-0.25, -0.2) is 14.5 Å². The summed E-state index contributed by atoms with van der Waals surface area (Å²) >= 11 is 3.37. The summed E-state index contributed by atoms with van der Waals surface area (Å²) in [6.07, 6.45) is 3.52. The first-order valence-corrected chi connectivity index (χ1v) is 8.68. The maximum atomic E-state index is 5.79. The molecule has 4 heterocycles. The van der Waals surface area contributed by atoms with Gasteiger partial charge in [0.25, 0.3) is 11.8 Å². The van der Waals surface area contributed by atoms with Gasteiger partial charge in [-0.3, -0.25) is 0 Å². The second-order valence-electron chi connectivity index (χ2n) is 5.91. The van der Waals surface area contributed by atoms with Gasteiger partial charge in [-0.15, -0.1) is 10.2 Å². The quantitative estimate of drug-likeness (QED) is 0.439. The maximum absolute atomic E-state index is 5.79. The molecule has 0 atom stereocenters. The largest absolute Gasteiger partial charge is 0.413 e. The van der Waals surface area contributed by atoms with E-state index in [0.717, 1.165) is 15.4 Å². The lowest BCUT2D eigenvalue weighted by Gasteiger charge is -2.00. The number of rotatable bonds is 2. The molecule has 0 fully saturated rings. The van der Waals surface area contributed by atoms with Gasteiger partial charge in [0.05, 0.1) is 9.99 Å². The summed E-state index contributed by atoms with van der Waals surface area (Å²) in [4.78, 5) is 8.89. The number of benzene rings is 1. The summed E-state index contributed by atoms with van der Waals surface area (Å²) in [6, 6.07) is 11.8. The topological polar surface area (TPSA) is 82.0 Å². The monoisotopic (exact) mass is 406 g/mol. The van der Waals surface area contributed by atoms with Crippen LogP contribution in [0.25, 0.3) is 39.7 Å². The Balaban J connectivity index is 1.55. The van der Waals surface area contributed by atoms with Crippen LogP contribution in [0.3, 0.4) is 0 Å². The van der Waals surface area contributed by atoms with Crippen molar-refractivity contribution in [3.63, 3.8) is 0 Å². The smallest absolute Gasteiger partial charge is 0.268 e. The van der Waals surface area contributed by atoms with Crippen molar-refractivity contribution in [2.24, 2.45) is 0 Å². The summed E-state index contributed by atoms with van der Waals surface area (Å²) in [5.41, 5.74) is 3.96. The van der Waals surface area contributed by atoms with Crippen molar-refractivity contribution in [3.8, 4) is 23.2 Å². The lowest BCUT2D eigenvalue weighted by atomic mass is 10.1. The number of fused-ring (bicyclic) bond motifs is 2. The molecule has 0 saturated carbocycles. The van der Waals surface area contributed by atoms with Crippen LogP contribution in [0.2, 0.25) is 0 Å². The SMILES string of the molecule is Cc1ccc2nc(-c3nnc(-c4cc5ncc(Br)cn5n4)o3)ccc2c1. The van der Waals surface area contributed by atoms with Gasteiger partial charge in [-0.1, -0.05) is 17.7 Å². The van der Waals surface area contributed by atoms with Gasteiger partial charge in [0.15, 0.2) is 11.3 Å². The molecule has 0 spiro atoms. The lowest BCUT2D eigenvalue weighted by molar-refractivity contribution is 0.579. The van der Waals surface area contributed by atoms with Crippen molar-refractivity contribution in [2.45, 2.75) is 6.92 Å². The number of aryl methyl sites for hydroxylation is 1. The maximum Gasteiger partial charge on any atom is 0.268 e. The van der Waals surface area contributed by atoms with E-state index in [1.807, 2.05) is 30.5 Å². The molecule has 0 amide bonds. The van der Waals surface area contributed by atoms with Gasteiger partial charge in [0, 0.05) is 23.8 Å². The van der Waals surface area contributed by atoms with Crippen molar-refractivity contribution in [1.82, 2.24) is 29.8 Å². The number of aromatic nitrogens is 6. The molecule has 0 aliphatic heterocycles. The number of nitrogens with zero attached hydrogens (tertiary/aromatic N) is 6. The first-order valence-electron chi connectivity index (χ1n) is 7.88. The van der Waals surface area contributed by atoms with Gasteiger partial charge >= 0.3 is 0 Å². The Morgan fingerprint density at radius 2 is 1.85 bits per heavy atom. The molecule has 26 heavy (non-hydrogen) atoms. The fourth-order valence-electron chi connectivity index (χ4n) is 2.75. The van der Waals surface area contributed by atoms with E-state index in [1.54, 1.807) is 16.8 Å². The minimum Gasteiger partial charge on any atom is -0.413 e. The molecule has 5 rings (SSSR count). The highest BCUT2D eigenvalue weighted by molar-refractivity contribution is 9.10. The van der Waals surface area contributed by atoms with Crippen molar-refractivity contribution >= 4 is 32.5 Å². The summed E-state index contributed by atoms with van der Waals surface area (Å²) in [7, 11) is 0. The van der Waals surface area contributed by atoms with Crippen LogP contribution in [0.5, 0.6) is 0 Å². The van der Waals surface area contributed by atoms with Crippen LogP contribution in [-0.2, 0) is 0 Å². The Morgan fingerprint density at radius 3 is 2.73 bits per heavy atom. The zero-order chi connectivity index (χ0) is 17.7. The van der Waals surface area contributed by atoms with Crippen LogP contribution < -0.4 is 0 Å². The first-order chi connectivity index (χ1) is 12.7. The van der Waals surface area contributed by atoms with E-state index in [9.17, 15) is 0 Å². The molecular formula is C18H11BrN6O. The molecule has 0 bridgehead atoms. The van der Waals surface area contributed by atoms with Crippen molar-refractivity contribution < 1.29 is 4.42 Å². The zero-order valence-electron chi connectivity index (χ0n) is 13.6. The number of halogens is 1. The van der Waals surface area contributed by atoms with E-state index in [2.05, 4.69) is 54.2 Å². The molecule has 8 heteroatoms. The number of hydrogen-bond donors (Lipinski definition) is 0. The first kappa shape index (κ1) is 15.2.